The molecule has 0 saturated carbocycles. The van der Waals surface area contributed by atoms with E-state index in [0.717, 1.165) is 38.2 Å². The van der Waals surface area contributed by atoms with Crippen LogP contribution >= 0.6 is 36.6 Å². The molecule has 7 heteroatoms. The van der Waals surface area contributed by atoms with Gasteiger partial charge in [-0.15, -0.1) is 24.8 Å². The molecule has 1 aromatic rings. The van der Waals surface area contributed by atoms with Crippen LogP contribution in [0.25, 0.3) is 0 Å². The van der Waals surface area contributed by atoms with Crippen LogP contribution in [0, 0.1) is 5.92 Å². The second kappa shape index (κ2) is 10.9. The predicted molar refractivity (Wildman–Crippen MR) is 119 cm³/mol. The standard InChI is InChI=1S/C20H29N3OS.2ClH/c24-20(13-15-11-17-5-6-18(12-15)21-17)22-19-4-2-1-3-16(19)14-23-7-9-25-10-8-23;;/h1-4,15,17-18,21H,5-14H2,(H,22,24);2*1H. The molecular formula is C20H31Cl2N3OS. The van der Waals surface area contributed by atoms with Crippen LogP contribution in [0.3, 0.4) is 0 Å². The first kappa shape index (κ1) is 22.8. The number of fused-ring (bicyclic) bond motifs is 2. The molecule has 1 amide bonds. The minimum Gasteiger partial charge on any atom is -0.326 e. The Kier molecular flexibility index (Phi) is 9.23. The molecule has 3 aliphatic rings. The van der Waals surface area contributed by atoms with Gasteiger partial charge in [-0.1, -0.05) is 18.2 Å². The van der Waals surface area contributed by atoms with Crippen LogP contribution in [-0.2, 0) is 11.3 Å². The van der Waals surface area contributed by atoms with E-state index in [0.29, 0.717) is 24.4 Å². The van der Waals surface area contributed by atoms with Crippen molar-refractivity contribution in [2.75, 3.05) is 29.9 Å². The molecular weight excluding hydrogens is 401 g/mol. The largest absolute Gasteiger partial charge is 0.326 e. The zero-order valence-electron chi connectivity index (χ0n) is 15.7. The molecule has 2 N–H and O–H groups in total. The average Bonchev–Trinajstić information content (AvgIpc) is 2.96. The van der Waals surface area contributed by atoms with Gasteiger partial charge in [0.2, 0.25) is 5.91 Å². The van der Waals surface area contributed by atoms with Crippen LogP contribution in [0.5, 0.6) is 0 Å². The fourth-order valence-corrected chi connectivity index (χ4v) is 5.56. The van der Waals surface area contributed by atoms with E-state index in [9.17, 15) is 4.79 Å². The molecule has 3 saturated heterocycles. The SMILES string of the molecule is Cl.Cl.O=C(CC1CC2CCC(C1)N2)Nc1ccccc1CN1CCSCC1. The van der Waals surface area contributed by atoms with Gasteiger partial charge in [-0.3, -0.25) is 9.69 Å². The summed E-state index contributed by atoms with van der Waals surface area (Å²) >= 11 is 2.03. The molecule has 152 valence electrons. The highest BCUT2D eigenvalue weighted by Gasteiger charge is 2.34. The number of anilines is 1. The average molecular weight is 432 g/mol. The van der Waals surface area contributed by atoms with Gasteiger partial charge in [-0.2, -0.15) is 11.8 Å². The molecule has 3 heterocycles. The number of carbonyl (C=O) groups is 1. The van der Waals surface area contributed by atoms with Crippen molar-refractivity contribution in [3.8, 4) is 0 Å². The Morgan fingerprint density at radius 3 is 2.48 bits per heavy atom. The van der Waals surface area contributed by atoms with E-state index in [1.165, 1.54) is 29.9 Å². The van der Waals surface area contributed by atoms with Crippen LogP contribution in [-0.4, -0.2) is 47.5 Å². The summed E-state index contributed by atoms with van der Waals surface area (Å²) in [5, 5.41) is 6.87. The lowest BCUT2D eigenvalue weighted by Crippen LogP contribution is -2.39. The number of nitrogens with zero attached hydrogens (tertiary/aromatic N) is 1. The third kappa shape index (κ3) is 6.26. The fourth-order valence-electron chi connectivity index (χ4n) is 4.59. The van der Waals surface area contributed by atoms with Crippen LogP contribution in [0.1, 0.15) is 37.7 Å². The molecule has 4 rings (SSSR count). The van der Waals surface area contributed by atoms with Crippen LogP contribution in [0.2, 0.25) is 0 Å². The summed E-state index contributed by atoms with van der Waals surface area (Å²) in [4.78, 5) is 15.1. The number of amides is 1. The van der Waals surface area contributed by atoms with Gasteiger partial charge < -0.3 is 10.6 Å². The minimum atomic E-state index is 0. The maximum atomic E-state index is 12.6. The maximum Gasteiger partial charge on any atom is 0.224 e. The first-order chi connectivity index (χ1) is 12.3. The van der Waals surface area contributed by atoms with Crippen molar-refractivity contribution in [2.24, 2.45) is 5.92 Å². The van der Waals surface area contributed by atoms with Gasteiger partial charge in [0.1, 0.15) is 0 Å². The lowest BCUT2D eigenvalue weighted by molar-refractivity contribution is -0.117. The molecule has 0 spiro atoms. The first-order valence-electron chi connectivity index (χ1n) is 9.70. The first-order valence-corrected chi connectivity index (χ1v) is 10.9. The number of para-hydroxylation sites is 1. The lowest BCUT2D eigenvalue weighted by Gasteiger charge is -2.29. The van der Waals surface area contributed by atoms with Gasteiger partial charge in [0.15, 0.2) is 0 Å². The van der Waals surface area contributed by atoms with Gasteiger partial charge >= 0.3 is 0 Å². The number of piperidine rings is 1. The molecule has 0 aliphatic carbocycles. The van der Waals surface area contributed by atoms with Crippen molar-refractivity contribution in [1.29, 1.82) is 0 Å². The van der Waals surface area contributed by atoms with Crippen molar-refractivity contribution >= 4 is 48.2 Å². The number of hydrogen-bond donors (Lipinski definition) is 2. The smallest absolute Gasteiger partial charge is 0.224 e. The summed E-state index contributed by atoms with van der Waals surface area (Å²) in [7, 11) is 0. The van der Waals surface area contributed by atoms with Crippen LogP contribution in [0.15, 0.2) is 24.3 Å². The summed E-state index contributed by atoms with van der Waals surface area (Å²) in [6.07, 6.45) is 5.58. The highest BCUT2D eigenvalue weighted by molar-refractivity contribution is 7.99. The molecule has 3 aliphatic heterocycles. The number of hydrogen-bond acceptors (Lipinski definition) is 4. The fraction of sp³-hybridized carbons (Fsp3) is 0.650. The number of rotatable bonds is 5. The van der Waals surface area contributed by atoms with E-state index < -0.39 is 0 Å². The highest BCUT2D eigenvalue weighted by Crippen LogP contribution is 2.33. The predicted octanol–water partition coefficient (Wildman–Crippen LogP) is 3.94. The molecule has 2 atom stereocenters. The summed E-state index contributed by atoms with van der Waals surface area (Å²) < 4.78 is 0. The number of benzene rings is 1. The highest BCUT2D eigenvalue weighted by atomic mass is 35.5. The molecule has 1 aromatic carbocycles. The minimum absolute atomic E-state index is 0. The van der Waals surface area contributed by atoms with Gasteiger partial charge in [0.05, 0.1) is 0 Å². The van der Waals surface area contributed by atoms with E-state index >= 15 is 0 Å². The van der Waals surface area contributed by atoms with Gasteiger partial charge in [0, 0.05) is 55.3 Å². The Balaban J connectivity index is 0.00000131. The van der Waals surface area contributed by atoms with E-state index in [-0.39, 0.29) is 30.7 Å². The zero-order chi connectivity index (χ0) is 17.1. The van der Waals surface area contributed by atoms with Crippen molar-refractivity contribution in [1.82, 2.24) is 10.2 Å². The van der Waals surface area contributed by atoms with Crippen molar-refractivity contribution in [3.05, 3.63) is 29.8 Å². The van der Waals surface area contributed by atoms with E-state index in [1.807, 2.05) is 17.8 Å². The summed E-state index contributed by atoms with van der Waals surface area (Å²) in [6, 6.07) is 9.62. The summed E-state index contributed by atoms with van der Waals surface area (Å²) in [5.41, 5.74) is 2.25. The van der Waals surface area contributed by atoms with E-state index in [2.05, 4.69) is 33.7 Å². The molecule has 0 radical (unpaired) electrons. The number of thioether (sulfide) groups is 1. The monoisotopic (exact) mass is 431 g/mol. The van der Waals surface area contributed by atoms with Gasteiger partial charge in [-0.05, 0) is 43.2 Å². The topological polar surface area (TPSA) is 44.4 Å². The number of carbonyl (C=O) groups excluding carboxylic acids is 1. The van der Waals surface area contributed by atoms with Crippen LogP contribution < -0.4 is 10.6 Å². The summed E-state index contributed by atoms with van der Waals surface area (Å²) in [5.74, 6) is 3.16. The molecule has 4 nitrogen and oxygen atoms in total. The molecule has 27 heavy (non-hydrogen) atoms. The Labute approximate surface area is 179 Å². The third-order valence-corrected chi connectivity index (χ3v) is 6.78. The third-order valence-electron chi connectivity index (χ3n) is 5.83. The maximum absolute atomic E-state index is 12.6. The van der Waals surface area contributed by atoms with Crippen molar-refractivity contribution in [3.63, 3.8) is 0 Å². The van der Waals surface area contributed by atoms with E-state index in [1.54, 1.807) is 0 Å². The number of halogens is 2. The van der Waals surface area contributed by atoms with Crippen LogP contribution in [0.4, 0.5) is 5.69 Å². The van der Waals surface area contributed by atoms with Crippen molar-refractivity contribution in [2.45, 2.75) is 50.7 Å². The Hall–Kier alpha value is -0.460. The second-order valence-electron chi connectivity index (χ2n) is 7.77. The molecule has 2 bridgehead atoms. The molecule has 0 aromatic heterocycles. The van der Waals surface area contributed by atoms with Crippen molar-refractivity contribution < 1.29 is 4.79 Å². The Morgan fingerprint density at radius 1 is 1.11 bits per heavy atom. The second-order valence-corrected chi connectivity index (χ2v) is 9.00. The van der Waals surface area contributed by atoms with Gasteiger partial charge in [0.25, 0.3) is 0 Å². The normalized spacial score (nSPS) is 27.3. The molecule has 3 fully saturated rings. The zero-order valence-corrected chi connectivity index (χ0v) is 18.1. The lowest BCUT2D eigenvalue weighted by atomic mass is 9.89. The van der Waals surface area contributed by atoms with E-state index in [4.69, 9.17) is 0 Å². The Bertz CT molecular complexity index is 601. The number of nitrogens with one attached hydrogen (secondary N) is 2. The molecule has 2 unspecified atom stereocenters. The Morgan fingerprint density at radius 2 is 1.78 bits per heavy atom. The summed E-state index contributed by atoms with van der Waals surface area (Å²) in [6.45, 7) is 3.23. The quantitative estimate of drug-likeness (QED) is 0.740. The van der Waals surface area contributed by atoms with Gasteiger partial charge in [-0.25, -0.2) is 0 Å².